The van der Waals surface area contributed by atoms with Crippen molar-refractivity contribution in [3.05, 3.63) is 35.4 Å². The van der Waals surface area contributed by atoms with Crippen molar-refractivity contribution in [2.45, 2.75) is 51.5 Å². The molecule has 1 aromatic rings. The summed E-state index contributed by atoms with van der Waals surface area (Å²) in [6, 6.07) is 7.84. The van der Waals surface area contributed by atoms with E-state index in [1.165, 1.54) is 19.1 Å². The van der Waals surface area contributed by atoms with Crippen LogP contribution in [0.1, 0.15) is 43.2 Å². The number of aryl methyl sites for hydroxylation is 1. The smallest absolute Gasteiger partial charge is 0.227 e. The van der Waals surface area contributed by atoms with E-state index in [9.17, 15) is 13.2 Å². The summed E-state index contributed by atoms with van der Waals surface area (Å²) in [6.07, 6.45) is 6.70. The Morgan fingerprint density at radius 1 is 1.14 bits per heavy atom. The summed E-state index contributed by atoms with van der Waals surface area (Å²) in [7, 11) is -3.30. The van der Waals surface area contributed by atoms with E-state index in [0.717, 1.165) is 50.0 Å². The lowest BCUT2D eigenvalue weighted by atomic mass is 10.0. The second kappa shape index (κ2) is 10.0. The second-order valence-electron chi connectivity index (χ2n) is 8.52. The molecule has 0 bridgehead atoms. The largest absolute Gasteiger partial charge is 0.341 e. The fourth-order valence-corrected chi connectivity index (χ4v) is 5.75. The van der Waals surface area contributed by atoms with Crippen molar-refractivity contribution >= 4 is 15.9 Å². The van der Waals surface area contributed by atoms with Crippen molar-refractivity contribution in [1.82, 2.24) is 14.1 Å². The lowest BCUT2D eigenvalue weighted by molar-refractivity contribution is -0.132. The van der Waals surface area contributed by atoms with Gasteiger partial charge in [-0.15, -0.1) is 0 Å². The van der Waals surface area contributed by atoms with Crippen LogP contribution in [-0.4, -0.2) is 80.0 Å². The van der Waals surface area contributed by atoms with Gasteiger partial charge in [-0.25, -0.2) is 8.42 Å². The lowest BCUT2D eigenvalue weighted by Gasteiger charge is -2.38. The fraction of sp³-hybridized carbons (Fsp3) is 0.682. The first kappa shape index (κ1) is 22.2. The molecule has 0 saturated carbocycles. The van der Waals surface area contributed by atoms with E-state index in [1.807, 2.05) is 36.1 Å². The zero-order valence-electron chi connectivity index (χ0n) is 17.8. The maximum atomic E-state index is 12.9. The molecule has 7 heteroatoms. The second-order valence-corrected chi connectivity index (χ2v) is 10.5. The van der Waals surface area contributed by atoms with Crippen LogP contribution in [0.25, 0.3) is 0 Å². The van der Waals surface area contributed by atoms with E-state index in [-0.39, 0.29) is 11.9 Å². The van der Waals surface area contributed by atoms with Crippen LogP contribution in [0.4, 0.5) is 0 Å². The van der Waals surface area contributed by atoms with Crippen LogP contribution in [0.15, 0.2) is 24.3 Å². The fourth-order valence-electron chi connectivity index (χ4n) is 4.58. The molecule has 1 unspecified atom stereocenters. The van der Waals surface area contributed by atoms with Gasteiger partial charge in [-0.3, -0.25) is 4.79 Å². The molecule has 0 radical (unpaired) electrons. The maximum absolute atomic E-state index is 12.9. The number of amides is 1. The zero-order chi connectivity index (χ0) is 20.9. The van der Waals surface area contributed by atoms with Crippen LogP contribution in [0.5, 0.6) is 0 Å². The van der Waals surface area contributed by atoms with Gasteiger partial charge in [-0.2, -0.15) is 4.31 Å². The number of hydrogen-bond acceptors (Lipinski definition) is 4. The van der Waals surface area contributed by atoms with Gasteiger partial charge in [-0.1, -0.05) is 24.3 Å². The van der Waals surface area contributed by atoms with Crippen LogP contribution in [0.2, 0.25) is 0 Å². The minimum Gasteiger partial charge on any atom is -0.341 e. The number of nitrogens with zero attached hydrogens (tertiary/aromatic N) is 3. The molecule has 0 aromatic heterocycles. The Bertz CT molecular complexity index is 790. The molecule has 2 aliphatic rings. The summed E-state index contributed by atoms with van der Waals surface area (Å²) in [6.45, 7) is 6.99. The molecule has 0 aliphatic carbocycles. The zero-order valence-corrected chi connectivity index (χ0v) is 18.7. The molecule has 3 rings (SSSR count). The number of benzene rings is 1. The summed E-state index contributed by atoms with van der Waals surface area (Å²) in [5.74, 6) is 0.0921. The Hall–Kier alpha value is -1.44. The van der Waals surface area contributed by atoms with E-state index in [0.29, 0.717) is 26.1 Å². The molecule has 6 nitrogen and oxygen atoms in total. The summed E-state index contributed by atoms with van der Waals surface area (Å²) >= 11 is 0. The number of rotatable bonds is 8. The van der Waals surface area contributed by atoms with E-state index >= 15 is 0 Å². The van der Waals surface area contributed by atoms with Crippen LogP contribution in [0.3, 0.4) is 0 Å². The Balaban J connectivity index is 1.59. The van der Waals surface area contributed by atoms with Crippen molar-refractivity contribution in [1.29, 1.82) is 0 Å². The van der Waals surface area contributed by atoms with Crippen molar-refractivity contribution < 1.29 is 13.2 Å². The van der Waals surface area contributed by atoms with Gasteiger partial charge >= 0.3 is 0 Å². The van der Waals surface area contributed by atoms with Crippen LogP contribution in [0, 0.1) is 6.92 Å². The third kappa shape index (κ3) is 6.27. The van der Waals surface area contributed by atoms with E-state index in [4.69, 9.17) is 0 Å². The summed E-state index contributed by atoms with van der Waals surface area (Å²) in [5, 5.41) is 0. The molecule has 2 aliphatic heterocycles. The molecule has 29 heavy (non-hydrogen) atoms. The minimum absolute atomic E-state index is 0.0921. The number of sulfonamides is 1. The molecule has 2 fully saturated rings. The first-order valence-corrected chi connectivity index (χ1v) is 12.7. The topological polar surface area (TPSA) is 60.9 Å². The molecule has 162 valence electrons. The molecular formula is C22H35N3O3S. The first-order valence-electron chi connectivity index (χ1n) is 10.9. The van der Waals surface area contributed by atoms with Gasteiger partial charge in [0.1, 0.15) is 0 Å². The quantitative estimate of drug-likeness (QED) is 0.646. The molecule has 0 spiro atoms. The standard InChI is InChI=1S/C22H35N3O3S/c1-19-9-3-4-10-20(19)17-22(26)24-15-7-11-21(18-24)25(29(2,27)28)16-8-14-23-12-5-6-13-23/h3-4,9-10,21H,5-8,11-18H2,1-2H3. The Morgan fingerprint density at radius 3 is 2.55 bits per heavy atom. The van der Waals surface area contributed by atoms with Gasteiger partial charge < -0.3 is 9.80 Å². The normalized spacial score (nSPS) is 21.1. The van der Waals surface area contributed by atoms with Gasteiger partial charge in [0.25, 0.3) is 0 Å². The predicted octanol–water partition coefficient (Wildman–Crippen LogP) is 2.28. The Labute approximate surface area is 175 Å². The van der Waals surface area contributed by atoms with Gasteiger partial charge in [0.15, 0.2) is 0 Å². The van der Waals surface area contributed by atoms with E-state index < -0.39 is 10.0 Å². The highest BCUT2D eigenvalue weighted by Gasteiger charge is 2.32. The number of carbonyl (C=O) groups is 1. The molecule has 0 N–H and O–H groups in total. The summed E-state index contributed by atoms with van der Waals surface area (Å²) in [5.41, 5.74) is 2.17. The van der Waals surface area contributed by atoms with Crippen molar-refractivity contribution in [3.63, 3.8) is 0 Å². The lowest BCUT2D eigenvalue weighted by Crippen LogP contribution is -2.52. The molecule has 2 saturated heterocycles. The van der Waals surface area contributed by atoms with Crippen LogP contribution in [-0.2, 0) is 21.2 Å². The van der Waals surface area contributed by atoms with Crippen LogP contribution < -0.4 is 0 Å². The average molecular weight is 422 g/mol. The highest BCUT2D eigenvalue weighted by atomic mass is 32.2. The SMILES string of the molecule is Cc1ccccc1CC(=O)N1CCCC(N(CCCN2CCCC2)S(C)(=O)=O)C1. The van der Waals surface area contributed by atoms with Gasteiger partial charge in [0, 0.05) is 25.7 Å². The third-order valence-corrected chi connectivity index (χ3v) is 7.57. The Kier molecular flexibility index (Phi) is 7.71. The summed E-state index contributed by atoms with van der Waals surface area (Å²) < 4.78 is 26.6. The van der Waals surface area contributed by atoms with E-state index in [1.54, 1.807) is 4.31 Å². The average Bonchev–Trinajstić information content (AvgIpc) is 3.19. The molecular weight excluding hydrogens is 386 g/mol. The van der Waals surface area contributed by atoms with Crippen molar-refractivity contribution in [2.75, 3.05) is 45.5 Å². The van der Waals surface area contributed by atoms with Gasteiger partial charge in [0.2, 0.25) is 15.9 Å². The van der Waals surface area contributed by atoms with Crippen LogP contribution >= 0.6 is 0 Å². The number of hydrogen-bond donors (Lipinski definition) is 0. The maximum Gasteiger partial charge on any atom is 0.227 e. The van der Waals surface area contributed by atoms with Crippen molar-refractivity contribution in [2.24, 2.45) is 0 Å². The number of carbonyl (C=O) groups excluding carboxylic acids is 1. The molecule has 1 aromatic carbocycles. The highest BCUT2D eigenvalue weighted by Crippen LogP contribution is 2.21. The Morgan fingerprint density at radius 2 is 1.86 bits per heavy atom. The van der Waals surface area contributed by atoms with E-state index in [2.05, 4.69) is 4.90 Å². The predicted molar refractivity (Wildman–Crippen MR) is 116 cm³/mol. The highest BCUT2D eigenvalue weighted by molar-refractivity contribution is 7.88. The number of likely N-dealkylation sites (tertiary alicyclic amines) is 2. The first-order chi connectivity index (χ1) is 13.8. The number of piperidine rings is 1. The monoisotopic (exact) mass is 421 g/mol. The summed E-state index contributed by atoms with van der Waals surface area (Å²) in [4.78, 5) is 17.2. The molecule has 1 amide bonds. The van der Waals surface area contributed by atoms with Crippen molar-refractivity contribution in [3.8, 4) is 0 Å². The minimum atomic E-state index is -3.30. The third-order valence-electron chi connectivity index (χ3n) is 6.24. The molecule has 1 atom stereocenters. The van der Waals surface area contributed by atoms with Gasteiger partial charge in [-0.05, 0) is 69.8 Å². The van der Waals surface area contributed by atoms with Gasteiger partial charge in [0.05, 0.1) is 12.7 Å². The molecule has 2 heterocycles.